The summed E-state index contributed by atoms with van der Waals surface area (Å²) in [6.07, 6.45) is 2.38. The Morgan fingerprint density at radius 2 is 1.96 bits per heavy atom. The lowest BCUT2D eigenvalue weighted by atomic mass is 10.2. The molecule has 0 unspecified atom stereocenters. The van der Waals surface area contributed by atoms with E-state index in [-0.39, 0.29) is 11.8 Å². The van der Waals surface area contributed by atoms with Crippen LogP contribution in [0.15, 0.2) is 24.3 Å². The highest BCUT2D eigenvalue weighted by Crippen LogP contribution is 2.20. The van der Waals surface area contributed by atoms with Crippen LogP contribution in [0.3, 0.4) is 0 Å². The van der Waals surface area contributed by atoms with Crippen LogP contribution in [0.1, 0.15) is 24.1 Å². The minimum absolute atomic E-state index is 0.347. The molecule has 1 aromatic heterocycles. The predicted molar refractivity (Wildman–Crippen MR) is 105 cm³/mol. The number of rotatable bonds is 6. The van der Waals surface area contributed by atoms with Crippen molar-refractivity contribution in [3.05, 3.63) is 41.3 Å². The summed E-state index contributed by atoms with van der Waals surface area (Å²) in [5, 5.41) is 8.52. The van der Waals surface area contributed by atoms with Gasteiger partial charge in [0.05, 0.1) is 0 Å². The van der Waals surface area contributed by atoms with Crippen molar-refractivity contribution >= 4 is 23.5 Å². The molecule has 0 radical (unpaired) electrons. The number of anilines is 3. The third-order valence-corrected chi connectivity index (χ3v) is 4.48. The number of aryl methyl sites for hydroxylation is 1. The van der Waals surface area contributed by atoms with E-state index in [1.807, 2.05) is 13.0 Å². The summed E-state index contributed by atoms with van der Waals surface area (Å²) in [6, 6.07) is 6.20. The van der Waals surface area contributed by atoms with E-state index in [4.69, 9.17) is 0 Å². The molecule has 0 aliphatic carbocycles. The standard InChI is InChI=1S/C19H25FN6O/c1-13-12-17(26-10-3-4-11-26)25-18(23-13)21-8-9-22-19(27)24-16-7-5-6-15(20)14(16)2/h5-7,12H,3-4,8-11H2,1-2H3,(H,21,23,25)(H2,22,24,27). The van der Waals surface area contributed by atoms with E-state index in [1.54, 1.807) is 19.1 Å². The van der Waals surface area contributed by atoms with E-state index in [2.05, 4.69) is 30.8 Å². The van der Waals surface area contributed by atoms with Crippen LogP contribution in [0.5, 0.6) is 0 Å². The summed E-state index contributed by atoms with van der Waals surface area (Å²) in [4.78, 5) is 23.2. The molecule has 1 fully saturated rings. The Morgan fingerprint density at radius 1 is 1.19 bits per heavy atom. The number of carbonyl (C=O) groups excluding carboxylic acids is 1. The molecule has 2 aromatic rings. The maximum absolute atomic E-state index is 13.5. The molecule has 2 amide bonds. The zero-order chi connectivity index (χ0) is 19.2. The van der Waals surface area contributed by atoms with Gasteiger partial charge >= 0.3 is 6.03 Å². The van der Waals surface area contributed by atoms with E-state index < -0.39 is 0 Å². The Hall–Kier alpha value is -2.90. The molecule has 1 saturated heterocycles. The molecule has 27 heavy (non-hydrogen) atoms. The van der Waals surface area contributed by atoms with Gasteiger partial charge in [0, 0.05) is 49.2 Å². The fourth-order valence-electron chi connectivity index (χ4n) is 3.00. The number of urea groups is 1. The van der Waals surface area contributed by atoms with Crippen LogP contribution in [-0.4, -0.2) is 42.2 Å². The van der Waals surface area contributed by atoms with Gasteiger partial charge in [-0.3, -0.25) is 0 Å². The highest BCUT2D eigenvalue weighted by Gasteiger charge is 2.15. The summed E-state index contributed by atoms with van der Waals surface area (Å²) in [6.45, 7) is 6.49. The van der Waals surface area contributed by atoms with E-state index >= 15 is 0 Å². The molecule has 144 valence electrons. The van der Waals surface area contributed by atoms with Crippen LogP contribution in [0, 0.1) is 19.7 Å². The Morgan fingerprint density at radius 3 is 2.74 bits per heavy atom. The molecule has 1 aliphatic heterocycles. The van der Waals surface area contributed by atoms with Crippen molar-refractivity contribution < 1.29 is 9.18 Å². The molecule has 0 spiro atoms. The molecule has 7 nitrogen and oxygen atoms in total. The van der Waals surface area contributed by atoms with Crippen LogP contribution in [-0.2, 0) is 0 Å². The second-order valence-corrected chi connectivity index (χ2v) is 6.61. The Kier molecular flexibility index (Phi) is 6.05. The molecule has 0 saturated carbocycles. The van der Waals surface area contributed by atoms with Crippen molar-refractivity contribution in [1.29, 1.82) is 0 Å². The number of halogens is 1. The maximum Gasteiger partial charge on any atom is 0.319 e. The zero-order valence-corrected chi connectivity index (χ0v) is 15.7. The average molecular weight is 372 g/mol. The fourth-order valence-corrected chi connectivity index (χ4v) is 3.00. The highest BCUT2D eigenvalue weighted by atomic mass is 19.1. The third kappa shape index (κ3) is 5.06. The van der Waals surface area contributed by atoms with E-state index in [1.165, 1.54) is 18.9 Å². The molecule has 1 aromatic carbocycles. The number of amides is 2. The largest absolute Gasteiger partial charge is 0.356 e. The van der Waals surface area contributed by atoms with Crippen LogP contribution in [0.2, 0.25) is 0 Å². The molecule has 8 heteroatoms. The second kappa shape index (κ2) is 8.66. The van der Waals surface area contributed by atoms with Crippen molar-refractivity contribution in [3.63, 3.8) is 0 Å². The minimum Gasteiger partial charge on any atom is -0.356 e. The van der Waals surface area contributed by atoms with Crippen molar-refractivity contribution in [2.24, 2.45) is 0 Å². The first-order valence-corrected chi connectivity index (χ1v) is 9.17. The quantitative estimate of drug-likeness (QED) is 0.679. The van der Waals surface area contributed by atoms with Gasteiger partial charge in [0.1, 0.15) is 11.6 Å². The normalized spacial score (nSPS) is 13.5. The number of hydrogen-bond acceptors (Lipinski definition) is 5. The summed E-state index contributed by atoms with van der Waals surface area (Å²) in [5.74, 6) is 1.15. The van der Waals surface area contributed by atoms with Gasteiger partial charge in [-0.2, -0.15) is 4.98 Å². The van der Waals surface area contributed by atoms with Crippen molar-refractivity contribution in [3.8, 4) is 0 Å². The molecule has 0 atom stereocenters. The summed E-state index contributed by atoms with van der Waals surface area (Å²) < 4.78 is 13.5. The summed E-state index contributed by atoms with van der Waals surface area (Å²) in [5.41, 5.74) is 1.77. The summed E-state index contributed by atoms with van der Waals surface area (Å²) >= 11 is 0. The Balaban J connectivity index is 1.47. The number of carbonyl (C=O) groups is 1. The number of nitrogens with one attached hydrogen (secondary N) is 3. The number of nitrogens with zero attached hydrogens (tertiary/aromatic N) is 3. The third-order valence-electron chi connectivity index (χ3n) is 4.48. The van der Waals surface area contributed by atoms with Gasteiger partial charge in [0.25, 0.3) is 0 Å². The van der Waals surface area contributed by atoms with Gasteiger partial charge in [0.2, 0.25) is 5.95 Å². The van der Waals surface area contributed by atoms with Gasteiger partial charge in [-0.05, 0) is 38.8 Å². The van der Waals surface area contributed by atoms with E-state index in [0.29, 0.717) is 30.3 Å². The van der Waals surface area contributed by atoms with Gasteiger partial charge in [-0.1, -0.05) is 6.07 Å². The molecule has 2 heterocycles. The predicted octanol–water partition coefficient (Wildman–Crippen LogP) is 3.07. The van der Waals surface area contributed by atoms with Crippen molar-refractivity contribution in [1.82, 2.24) is 15.3 Å². The first-order chi connectivity index (χ1) is 13.0. The Labute approximate surface area is 158 Å². The number of benzene rings is 1. The molecule has 3 rings (SSSR count). The first-order valence-electron chi connectivity index (χ1n) is 9.17. The SMILES string of the molecule is Cc1cc(N2CCCC2)nc(NCCNC(=O)Nc2cccc(F)c2C)n1. The van der Waals surface area contributed by atoms with E-state index in [0.717, 1.165) is 24.6 Å². The van der Waals surface area contributed by atoms with Crippen LogP contribution < -0.4 is 20.9 Å². The highest BCUT2D eigenvalue weighted by molar-refractivity contribution is 5.90. The van der Waals surface area contributed by atoms with Crippen molar-refractivity contribution in [2.75, 3.05) is 41.7 Å². The smallest absolute Gasteiger partial charge is 0.319 e. The van der Waals surface area contributed by atoms with Gasteiger partial charge in [-0.15, -0.1) is 0 Å². The topological polar surface area (TPSA) is 82.2 Å². The molecule has 3 N–H and O–H groups in total. The minimum atomic E-state index is -0.381. The number of aromatic nitrogens is 2. The van der Waals surface area contributed by atoms with Gasteiger partial charge in [0.15, 0.2) is 0 Å². The zero-order valence-electron chi connectivity index (χ0n) is 15.7. The molecule has 1 aliphatic rings. The lowest BCUT2D eigenvalue weighted by Crippen LogP contribution is -2.33. The summed E-state index contributed by atoms with van der Waals surface area (Å²) in [7, 11) is 0. The first kappa shape index (κ1) is 18.9. The molecular formula is C19H25FN6O. The Bertz CT molecular complexity index is 807. The van der Waals surface area contributed by atoms with Crippen LogP contribution in [0.4, 0.5) is 26.6 Å². The van der Waals surface area contributed by atoms with Gasteiger partial charge < -0.3 is 20.9 Å². The lowest BCUT2D eigenvalue weighted by molar-refractivity contribution is 0.252. The second-order valence-electron chi connectivity index (χ2n) is 6.61. The van der Waals surface area contributed by atoms with Crippen LogP contribution in [0.25, 0.3) is 0 Å². The maximum atomic E-state index is 13.5. The average Bonchev–Trinajstić information content (AvgIpc) is 3.17. The van der Waals surface area contributed by atoms with E-state index in [9.17, 15) is 9.18 Å². The molecule has 0 bridgehead atoms. The fraction of sp³-hybridized carbons (Fsp3) is 0.421. The number of hydrogen-bond donors (Lipinski definition) is 3. The monoisotopic (exact) mass is 372 g/mol. The van der Waals surface area contributed by atoms with Crippen molar-refractivity contribution in [2.45, 2.75) is 26.7 Å². The lowest BCUT2D eigenvalue weighted by Gasteiger charge is -2.17. The van der Waals surface area contributed by atoms with Gasteiger partial charge in [-0.25, -0.2) is 14.2 Å². The molecular weight excluding hydrogens is 347 g/mol. The van der Waals surface area contributed by atoms with Crippen LogP contribution >= 0.6 is 0 Å².